The molecule has 0 bridgehead atoms. The van der Waals surface area contributed by atoms with Crippen molar-refractivity contribution in [1.29, 1.82) is 0 Å². The molecule has 1 atom stereocenters. The minimum atomic E-state index is -1.06. The summed E-state index contributed by atoms with van der Waals surface area (Å²) in [7, 11) is 0. The van der Waals surface area contributed by atoms with Crippen molar-refractivity contribution >= 4 is 11.9 Å². The van der Waals surface area contributed by atoms with Gasteiger partial charge in [-0.05, 0) is 6.42 Å². The standard InChI is InChI=1S/C11H15N3O3/c1-2-3-4-10(15)14-9(11(16)17)5-8-6-12-7-13-8/h2,6-7,9H,1,3-5H2,(H,12,13)(H,14,15)(H,16,17)/t9-/m1/s1. The van der Waals surface area contributed by atoms with Gasteiger partial charge in [0.15, 0.2) is 0 Å². The van der Waals surface area contributed by atoms with E-state index >= 15 is 0 Å². The number of allylic oxidation sites excluding steroid dienone is 1. The number of aliphatic carboxylic acids is 1. The number of nitrogens with one attached hydrogen (secondary N) is 2. The number of carboxylic acid groups (broad SMARTS) is 1. The largest absolute Gasteiger partial charge is 0.480 e. The Kier molecular flexibility index (Phi) is 4.93. The summed E-state index contributed by atoms with van der Waals surface area (Å²) in [5, 5.41) is 11.4. The number of hydrogen-bond donors (Lipinski definition) is 3. The molecule has 1 aromatic heterocycles. The molecule has 0 unspecified atom stereocenters. The molecule has 0 saturated carbocycles. The molecule has 1 rings (SSSR count). The van der Waals surface area contributed by atoms with Crippen LogP contribution in [0.15, 0.2) is 25.2 Å². The molecule has 0 aliphatic heterocycles. The Morgan fingerprint density at radius 2 is 2.41 bits per heavy atom. The minimum Gasteiger partial charge on any atom is -0.480 e. The van der Waals surface area contributed by atoms with Crippen molar-refractivity contribution in [2.24, 2.45) is 0 Å². The predicted molar refractivity (Wildman–Crippen MR) is 61.3 cm³/mol. The molecule has 6 nitrogen and oxygen atoms in total. The van der Waals surface area contributed by atoms with Gasteiger partial charge in [0.2, 0.25) is 5.91 Å². The van der Waals surface area contributed by atoms with Crippen LogP contribution in [-0.4, -0.2) is 33.0 Å². The Hall–Kier alpha value is -2.11. The maximum absolute atomic E-state index is 11.4. The third-order valence-electron chi connectivity index (χ3n) is 2.19. The fraction of sp³-hybridized carbons (Fsp3) is 0.364. The van der Waals surface area contributed by atoms with Gasteiger partial charge in [-0.2, -0.15) is 0 Å². The molecule has 3 N–H and O–H groups in total. The molecule has 0 fully saturated rings. The number of H-pyrrole nitrogens is 1. The number of carboxylic acids is 1. The highest BCUT2D eigenvalue weighted by atomic mass is 16.4. The normalized spacial score (nSPS) is 11.8. The van der Waals surface area contributed by atoms with Crippen LogP contribution in [0.2, 0.25) is 0 Å². The molecule has 0 aliphatic rings. The Balaban J connectivity index is 2.51. The number of carbonyl (C=O) groups is 2. The summed E-state index contributed by atoms with van der Waals surface area (Å²) in [6.07, 6.45) is 5.58. The zero-order valence-corrected chi connectivity index (χ0v) is 9.35. The van der Waals surface area contributed by atoms with Crippen LogP contribution in [0.4, 0.5) is 0 Å². The van der Waals surface area contributed by atoms with Crippen molar-refractivity contribution in [3.05, 3.63) is 30.9 Å². The molecule has 1 aromatic rings. The van der Waals surface area contributed by atoms with E-state index in [1.807, 2.05) is 0 Å². The van der Waals surface area contributed by atoms with E-state index in [1.54, 1.807) is 6.08 Å². The van der Waals surface area contributed by atoms with Gasteiger partial charge in [0, 0.05) is 24.7 Å². The van der Waals surface area contributed by atoms with Crippen molar-refractivity contribution < 1.29 is 14.7 Å². The fourth-order valence-electron chi connectivity index (χ4n) is 1.32. The predicted octanol–water partition coefficient (Wildman–Crippen LogP) is 0.488. The van der Waals surface area contributed by atoms with Gasteiger partial charge in [-0.3, -0.25) is 4.79 Å². The summed E-state index contributed by atoms with van der Waals surface area (Å²) >= 11 is 0. The number of hydrogen-bond acceptors (Lipinski definition) is 3. The lowest BCUT2D eigenvalue weighted by Gasteiger charge is -2.13. The van der Waals surface area contributed by atoms with E-state index in [-0.39, 0.29) is 18.7 Å². The molecule has 0 aliphatic carbocycles. The lowest BCUT2D eigenvalue weighted by Crippen LogP contribution is -2.42. The Bertz CT molecular complexity index is 387. The molecule has 0 saturated heterocycles. The molecule has 92 valence electrons. The van der Waals surface area contributed by atoms with Crippen LogP contribution in [0.25, 0.3) is 0 Å². The smallest absolute Gasteiger partial charge is 0.326 e. The Morgan fingerprint density at radius 1 is 1.65 bits per heavy atom. The number of aromatic nitrogens is 2. The summed E-state index contributed by atoms with van der Waals surface area (Å²) in [6.45, 7) is 3.50. The number of carbonyl (C=O) groups excluding carboxylic acids is 1. The van der Waals surface area contributed by atoms with E-state index in [4.69, 9.17) is 5.11 Å². The van der Waals surface area contributed by atoms with E-state index in [2.05, 4.69) is 21.9 Å². The van der Waals surface area contributed by atoms with Crippen molar-refractivity contribution in [2.45, 2.75) is 25.3 Å². The number of aromatic amines is 1. The third kappa shape index (κ3) is 4.50. The molecule has 1 heterocycles. The summed E-state index contributed by atoms with van der Waals surface area (Å²) in [5.74, 6) is -1.36. The second-order valence-electron chi connectivity index (χ2n) is 3.57. The molecule has 1 amide bonds. The molecular formula is C11H15N3O3. The SMILES string of the molecule is C=CCCC(=O)N[C@H](Cc1cnc[nH]1)C(=O)O. The fourth-order valence-corrected chi connectivity index (χ4v) is 1.32. The second-order valence-corrected chi connectivity index (χ2v) is 3.57. The number of nitrogens with zero attached hydrogens (tertiary/aromatic N) is 1. The summed E-state index contributed by atoms with van der Waals surface area (Å²) in [6, 6.07) is -0.937. The van der Waals surface area contributed by atoms with Crippen molar-refractivity contribution in [3.63, 3.8) is 0 Å². The Labute approximate surface area is 98.8 Å². The quantitative estimate of drug-likeness (QED) is 0.601. The Morgan fingerprint density at radius 3 is 2.94 bits per heavy atom. The van der Waals surface area contributed by atoms with Crippen LogP contribution in [0.1, 0.15) is 18.5 Å². The summed E-state index contributed by atoms with van der Waals surface area (Å²) in [4.78, 5) is 28.9. The molecule has 6 heteroatoms. The molecule has 17 heavy (non-hydrogen) atoms. The van der Waals surface area contributed by atoms with Crippen LogP contribution in [0, 0.1) is 0 Å². The first-order chi connectivity index (χ1) is 8.13. The first kappa shape index (κ1) is 13.0. The van der Waals surface area contributed by atoms with Crippen LogP contribution in [0.3, 0.4) is 0 Å². The van der Waals surface area contributed by atoms with Crippen molar-refractivity contribution in [1.82, 2.24) is 15.3 Å². The van der Waals surface area contributed by atoms with E-state index in [9.17, 15) is 9.59 Å². The lowest BCUT2D eigenvalue weighted by atomic mass is 10.1. The van der Waals surface area contributed by atoms with Gasteiger partial charge in [-0.1, -0.05) is 6.08 Å². The van der Waals surface area contributed by atoms with Crippen LogP contribution >= 0.6 is 0 Å². The van der Waals surface area contributed by atoms with Gasteiger partial charge in [0.25, 0.3) is 0 Å². The lowest BCUT2D eigenvalue weighted by molar-refractivity contribution is -0.141. The second kappa shape index (κ2) is 6.47. The first-order valence-corrected chi connectivity index (χ1v) is 5.23. The highest BCUT2D eigenvalue weighted by Crippen LogP contribution is 2.00. The highest BCUT2D eigenvalue weighted by Gasteiger charge is 2.20. The third-order valence-corrected chi connectivity index (χ3v) is 2.19. The van der Waals surface area contributed by atoms with Gasteiger partial charge in [0.05, 0.1) is 6.33 Å². The molecule has 0 aromatic carbocycles. The maximum atomic E-state index is 11.4. The molecule has 0 spiro atoms. The summed E-state index contributed by atoms with van der Waals surface area (Å²) < 4.78 is 0. The minimum absolute atomic E-state index is 0.190. The summed E-state index contributed by atoms with van der Waals surface area (Å²) in [5.41, 5.74) is 0.668. The van der Waals surface area contributed by atoms with Gasteiger partial charge in [-0.25, -0.2) is 9.78 Å². The van der Waals surface area contributed by atoms with Crippen LogP contribution in [0.5, 0.6) is 0 Å². The van der Waals surface area contributed by atoms with Crippen LogP contribution in [-0.2, 0) is 16.0 Å². The van der Waals surface area contributed by atoms with Crippen molar-refractivity contribution in [2.75, 3.05) is 0 Å². The van der Waals surface area contributed by atoms with Gasteiger partial charge >= 0.3 is 5.97 Å². The van der Waals surface area contributed by atoms with E-state index in [0.29, 0.717) is 12.1 Å². The number of imidazole rings is 1. The zero-order valence-electron chi connectivity index (χ0n) is 9.35. The first-order valence-electron chi connectivity index (χ1n) is 5.23. The number of rotatable bonds is 7. The monoisotopic (exact) mass is 237 g/mol. The van der Waals surface area contributed by atoms with E-state index in [1.165, 1.54) is 12.5 Å². The topological polar surface area (TPSA) is 95.1 Å². The highest BCUT2D eigenvalue weighted by molar-refractivity contribution is 5.83. The van der Waals surface area contributed by atoms with E-state index in [0.717, 1.165) is 0 Å². The average Bonchev–Trinajstić information content (AvgIpc) is 2.78. The van der Waals surface area contributed by atoms with Crippen LogP contribution < -0.4 is 5.32 Å². The molecular weight excluding hydrogens is 222 g/mol. The van der Waals surface area contributed by atoms with Gasteiger partial charge in [-0.15, -0.1) is 6.58 Å². The average molecular weight is 237 g/mol. The van der Waals surface area contributed by atoms with Gasteiger partial charge < -0.3 is 15.4 Å². The number of amides is 1. The maximum Gasteiger partial charge on any atom is 0.326 e. The molecule has 0 radical (unpaired) electrons. The van der Waals surface area contributed by atoms with E-state index < -0.39 is 12.0 Å². The van der Waals surface area contributed by atoms with Crippen molar-refractivity contribution in [3.8, 4) is 0 Å². The van der Waals surface area contributed by atoms with Gasteiger partial charge in [0.1, 0.15) is 6.04 Å². The zero-order chi connectivity index (χ0) is 12.7.